The third-order valence-corrected chi connectivity index (χ3v) is 4.05. The van der Waals surface area contributed by atoms with Crippen molar-refractivity contribution in [3.8, 4) is 0 Å². The van der Waals surface area contributed by atoms with Crippen molar-refractivity contribution >= 4 is 40.0 Å². The van der Waals surface area contributed by atoms with Crippen molar-refractivity contribution in [1.82, 2.24) is 15.4 Å². The van der Waals surface area contributed by atoms with Gasteiger partial charge in [-0.1, -0.05) is 19.1 Å². The average molecular weight is 412 g/mol. The molecule has 0 aliphatic rings. The molecule has 0 spiro atoms. The molecule has 3 N–H and O–H groups in total. The van der Waals surface area contributed by atoms with Gasteiger partial charge in [0.25, 0.3) is 0 Å². The summed E-state index contributed by atoms with van der Waals surface area (Å²) in [6, 6.07) is 6.74. The second kappa shape index (κ2) is 9.14. The predicted octanol–water partition coefficient (Wildman–Crippen LogP) is 0.898. The molecule has 1 aromatic rings. The van der Waals surface area contributed by atoms with E-state index in [1.54, 1.807) is 45.3 Å². The maximum Gasteiger partial charge on any atom is 0.240 e. The molecule has 0 atom stereocenters. The molecular weight excluding hydrogens is 391 g/mol. The number of guanidine groups is 1. The standard InChI is InChI=1S/C12H20N4O2S.HI/c1-4-16-19(17,18)11-7-5-10(6-8-11)9-15-12(13-2)14-3;/h5-8,16H,4,9H2,1-3H3,(H2,13,14,15);1H. The van der Waals surface area contributed by atoms with Crippen LogP contribution in [0, 0.1) is 0 Å². The highest BCUT2D eigenvalue weighted by Gasteiger charge is 2.11. The Hall–Kier alpha value is -0.870. The van der Waals surface area contributed by atoms with Gasteiger partial charge >= 0.3 is 0 Å². The Labute approximate surface area is 137 Å². The van der Waals surface area contributed by atoms with Gasteiger partial charge in [-0.25, -0.2) is 13.1 Å². The van der Waals surface area contributed by atoms with E-state index in [1.807, 2.05) is 0 Å². The fourth-order valence-electron chi connectivity index (χ4n) is 1.52. The summed E-state index contributed by atoms with van der Waals surface area (Å²) in [6.45, 7) is 2.71. The lowest BCUT2D eigenvalue weighted by molar-refractivity contribution is 0.584. The maximum atomic E-state index is 11.7. The van der Waals surface area contributed by atoms with Crippen molar-refractivity contribution in [2.24, 2.45) is 4.99 Å². The van der Waals surface area contributed by atoms with E-state index in [2.05, 4.69) is 20.3 Å². The summed E-state index contributed by atoms with van der Waals surface area (Å²) in [4.78, 5) is 4.27. The molecule has 6 nitrogen and oxygen atoms in total. The van der Waals surface area contributed by atoms with Crippen molar-refractivity contribution in [3.63, 3.8) is 0 Å². The van der Waals surface area contributed by atoms with Gasteiger partial charge in [0.2, 0.25) is 10.0 Å². The average Bonchev–Trinajstić information content (AvgIpc) is 2.40. The summed E-state index contributed by atoms with van der Waals surface area (Å²) >= 11 is 0. The van der Waals surface area contributed by atoms with Crippen molar-refractivity contribution < 1.29 is 8.42 Å². The molecule has 20 heavy (non-hydrogen) atoms. The van der Waals surface area contributed by atoms with Gasteiger partial charge in [-0.15, -0.1) is 24.0 Å². The quantitative estimate of drug-likeness (QED) is 0.381. The first kappa shape index (κ1) is 19.1. The Morgan fingerprint density at radius 1 is 1.25 bits per heavy atom. The minimum absolute atomic E-state index is 0. The normalized spacial score (nSPS) is 11.7. The van der Waals surface area contributed by atoms with Crippen LogP contribution in [0.3, 0.4) is 0 Å². The zero-order valence-electron chi connectivity index (χ0n) is 11.8. The van der Waals surface area contributed by atoms with Crippen LogP contribution in [-0.4, -0.2) is 35.0 Å². The maximum absolute atomic E-state index is 11.7. The highest BCUT2D eigenvalue weighted by Crippen LogP contribution is 2.10. The van der Waals surface area contributed by atoms with E-state index in [1.165, 1.54) is 0 Å². The Bertz CT molecular complexity index is 529. The van der Waals surface area contributed by atoms with Gasteiger partial charge in [0.15, 0.2) is 5.96 Å². The summed E-state index contributed by atoms with van der Waals surface area (Å²) < 4.78 is 25.9. The highest BCUT2D eigenvalue weighted by atomic mass is 127. The van der Waals surface area contributed by atoms with Crippen LogP contribution in [0.1, 0.15) is 12.5 Å². The summed E-state index contributed by atoms with van der Waals surface area (Å²) in [5, 5.41) is 6.00. The van der Waals surface area contributed by atoms with Crippen molar-refractivity contribution in [2.75, 3.05) is 20.6 Å². The summed E-state index contributed by atoms with van der Waals surface area (Å²) in [5.74, 6) is 0.685. The van der Waals surface area contributed by atoms with Crippen molar-refractivity contribution in [1.29, 1.82) is 0 Å². The molecule has 0 unspecified atom stereocenters. The van der Waals surface area contributed by atoms with E-state index in [0.717, 1.165) is 5.56 Å². The van der Waals surface area contributed by atoms with Crippen molar-refractivity contribution in [3.05, 3.63) is 29.8 Å². The molecule has 0 amide bonds. The summed E-state index contributed by atoms with van der Waals surface area (Å²) in [6.07, 6.45) is 0. The first-order valence-corrected chi connectivity index (χ1v) is 7.48. The zero-order chi connectivity index (χ0) is 14.3. The van der Waals surface area contributed by atoms with Gasteiger partial charge in [-0.05, 0) is 17.7 Å². The Balaban J connectivity index is 0.00000361. The van der Waals surface area contributed by atoms with Gasteiger partial charge in [0, 0.05) is 27.2 Å². The molecule has 0 aliphatic heterocycles. The lowest BCUT2D eigenvalue weighted by atomic mass is 10.2. The SMILES string of the molecule is CCNS(=O)(=O)c1ccc(CNC(=NC)NC)cc1.I. The molecular formula is C12H21IN4O2S. The van der Waals surface area contributed by atoms with Gasteiger partial charge < -0.3 is 10.6 Å². The van der Waals surface area contributed by atoms with E-state index < -0.39 is 10.0 Å². The summed E-state index contributed by atoms with van der Waals surface area (Å²) in [5.41, 5.74) is 0.979. The molecule has 1 rings (SSSR count). The largest absolute Gasteiger partial charge is 0.359 e. The predicted molar refractivity (Wildman–Crippen MR) is 92.0 cm³/mol. The fourth-order valence-corrected chi connectivity index (χ4v) is 2.57. The van der Waals surface area contributed by atoms with Crippen LogP contribution in [0.4, 0.5) is 0 Å². The number of nitrogens with one attached hydrogen (secondary N) is 3. The van der Waals surface area contributed by atoms with Gasteiger partial charge in [0.1, 0.15) is 0 Å². The first-order chi connectivity index (χ1) is 9.03. The van der Waals surface area contributed by atoms with Gasteiger partial charge in [-0.3, -0.25) is 4.99 Å². The minimum Gasteiger partial charge on any atom is -0.359 e. The number of nitrogens with zero attached hydrogens (tertiary/aromatic N) is 1. The van der Waals surface area contributed by atoms with Crippen LogP contribution in [-0.2, 0) is 16.6 Å². The Morgan fingerprint density at radius 3 is 2.30 bits per heavy atom. The number of hydrogen-bond acceptors (Lipinski definition) is 3. The molecule has 0 saturated carbocycles. The van der Waals surface area contributed by atoms with Gasteiger partial charge in [0.05, 0.1) is 4.90 Å². The van der Waals surface area contributed by atoms with Crippen molar-refractivity contribution in [2.45, 2.75) is 18.4 Å². The van der Waals surface area contributed by atoms with Crippen LogP contribution < -0.4 is 15.4 Å². The second-order valence-corrected chi connectivity index (χ2v) is 5.59. The number of benzene rings is 1. The van der Waals surface area contributed by atoms with E-state index >= 15 is 0 Å². The fraction of sp³-hybridized carbons (Fsp3) is 0.417. The molecule has 0 fully saturated rings. The number of hydrogen-bond donors (Lipinski definition) is 3. The monoisotopic (exact) mass is 412 g/mol. The zero-order valence-corrected chi connectivity index (χ0v) is 15.0. The number of aliphatic imine (C=N–C) groups is 1. The molecule has 1 aromatic carbocycles. The van der Waals surface area contributed by atoms with Crippen LogP contribution in [0.2, 0.25) is 0 Å². The molecule has 0 saturated heterocycles. The van der Waals surface area contributed by atoms with Crippen LogP contribution in [0.15, 0.2) is 34.2 Å². The first-order valence-electron chi connectivity index (χ1n) is 6.00. The summed E-state index contributed by atoms with van der Waals surface area (Å²) in [7, 11) is 0.0904. The number of rotatable bonds is 5. The van der Waals surface area contributed by atoms with Crippen LogP contribution in [0.25, 0.3) is 0 Å². The number of sulfonamides is 1. The second-order valence-electron chi connectivity index (χ2n) is 3.82. The molecule has 0 bridgehead atoms. The third-order valence-electron chi connectivity index (χ3n) is 2.49. The Kier molecular flexibility index (Phi) is 8.74. The minimum atomic E-state index is -3.37. The third kappa shape index (κ3) is 5.63. The molecule has 0 heterocycles. The number of halogens is 1. The molecule has 0 radical (unpaired) electrons. The molecule has 0 aromatic heterocycles. The van der Waals surface area contributed by atoms with E-state index in [4.69, 9.17) is 0 Å². The van der Waals surface area contributed by atoms with Crippen LogP contribution >= 0.6 is 24.0 Å². The molecule has 114 valence electrons. The topological polar surface area (TPSA) is 82.6 Å². The van der Waals surface area contributed by atoms with E-state index in [0.29, 0.717) is 19.0 Å². The van der Waals surface area contributed by atoms with E-state index in [-0.39, 0.29) is 28.9 Å². The Morgan fingerprint density at radius 2 is 1.85 bits per heavy atom. The van der Waals surface area contributed by atoms with E-state index in [9.17, 15) is 8.42 Å². The molecule has 8 heteroatoms. The molecule has 0 aliphatic carbocycles. The lowest BCUT2D eigenvalue weighted by Gasteiger charge is -2.09. The lowest BCUT2D eigenvalue weighted by Crippen LogP contribution is -2.34. The van der Waals surface area contributed by atoms with Crippen LogP contribution in [0.5, 0.6) is 0 Å². The smallest absolute Gasteiger partial charge is 0.240 e. The highest BCUT2D eigenvalue weighted by molar-refractivity contribution is 14.0. The van der Waals surface area contributed by atoms with Gasteiger partial charge in [-0.2, -0.15) is 0 Å².